The maximum atomic E-state index is 9.19. The van der Waals surface area contributed by atoms with Crippen molar-refractivity contribution in [3.63, 3.8) is 0 Å². The van der Waals surface area contributed by atoms with Crippen LogP contribution < -0.4 is 0 Å². The van der Waals surface area contributed by atoms with Crippen LogP contribution >= 0.6 is 0 Å². The quantitative estimate of drug-likeness (QED) is 0.442. The monoisotopic (exact) mass is 463 g/mol. The summed E-state index contributed by atoms with van der Waals surface area (Å²) in [5.74, 6) is 5.98. The lowest BCUT2D eigenvalue weighted by Crippen LogP contribution is -2.57. The Morgan fingerprint density at radius 3 is 2.62 bits per heavy atom. The molecule has 188 valence electrons. The summed E-state index contributed by atoms with van der Waals surface area (Å²) in [6.07, 6.45) is 18.1. The number of nitrogens with zero attached hydrogens (tertiary/aromatic N) is 3. The van der Waals surface area contributed by atoms with Gasteiger partial charge in [0, 0.05) is 12.7 Å². The zero-order valence-corrected chi connectivity index (χ0v) is 22.8. The van der Waals surface area contributed by atoms with Gasteiger partial charge < -0.3 is 0 Å². The molecule has 0 radical (unpaired) electrons. The molecule has 4 aliphatic carbocycles. The summed E-state index contributed by atoms with van der Waals surface area (Å²) < 4.78 is 2.02. The predicted molar refractivity (Wildman–Crippen MR) is 139 cm³/mol. The lowest BCUT2D eigenvalue weighted by atomic mass is 9.40. The molecule has 3 heteroatoms. The smallest absolute Gasteiger partial charge is 0.102 e. The van der Waals surface area contributed by atoms with Gasteiger partial charge in [-0.2, -0.15) is 10.4 Å². The van der Waals surface area contributed by atoms with Crippen molar-refractivity contribution >= 4 is 0 Å². The van der Waals surface area contributed by atoms with E-state index in [2.05, 4.69) is 52.7 Å². The molecule has 1 unspecified atom stereocenters. The van der Waals surface area contributed by atoms with Crippen molar-refractivity contribution < 1.29 is 0 Å². The first-order valence-corrected chi connectivity index (χ1v) is 14.6. The normalized spacial score (nSPS) is 46.7. The second kappa shape index (κ2) is 8.67. The molecule has 0 amide bonds. The molecule has 0 aliphatic heterocycles. The maximum Gasteiger partial charge on any atom is 0.102 e. The topological polar surface area (TPSA) is 41.6 Å². The van der Waals surface area contributed by atoms with Gasteiger partial charge in [-0.15, -0.1) is 0 Å². The van der Waals surface area contributed by atoms with Crippen LogP contribution in [0.4, 0.5) is 0 Å². The standard InChI is InChI=1S/C31H49N3/c1-7-12-29(4)13-14-30(5)24(16-29)8-9-25-27-11-10-26(31(27,6)15-21(2)28(25)30)22(3)19-34-20-23(17-32)18-33-34/h18,20-22,24-28H,7-16,19H2,1-6H3/t21-,22?,24-,25+,26-,27+,28+,29+,30+,31-/m1/s1. The molecule has 1 aromatic heterocycles. The van der Waals surface area contributed by atoms with Crippen LogP contribution in [0.2, 0.25) is 0 Å². The summed E-state index contributed by atoms with van der Waals surface area (Å²) in [6.45, 7) is 16.4. The first-order valence-electron chi connectivity index (χ1n) is 14.6. The van der Waals surface area contributed by atoms with Crippen LogP contribution in [0.1, 0.15) is 111 Å². The molecule has 1 heterocycles. The van der Waals surface area contributed by atoms with Crippen LogP contribution in [-0.2, 0) is 6.54 Å². The fourth-order valence-electron chi connectivity index (χ4n) is 11.0. The van der Waals surface area contributed by atoms with Gasteiger partial charge in [0.15, 0.2) is 0 Å². The number of nitriles is 1. The fourth-order valence-corrected chi connectivity index (χ4v) is 11.0. The van der Waals surface area contributed by atoms with Crippen molar-refractivity contribution in [2.75, 3.05) is 0 Å². The Morgan fingerprint density at radius 2 is 1.91 bits per heavy atom. The van der Waals surface area contributed by atoms with E-state index in [1.165, 1.54) is 64.2 Å². The van der Waals surface area contributed by atoms with E-state index in [-0.39, 0.29) is 0 Å². The van der Waals surface area contributed by atoms with E-state index in [1.54, 1.807) is 6.20 Å². The Balaban J connectivity index is 1.35. The minimum atomic E-state index is 0.472. The van der Waals surface area contributed by atoms with E-state index in [0.29, 0.717) is 27.7 Å². The molecule has 10 atom stereocenters. The van der Waals surface area contributed by atoms with Gasteiger partial charge >= 0.3 is 0 Å². The van der Waals surface area contributed by atoms with Gasteiger partial charge in [-0.05, 0) is 115 Å². The van der Waals surface area contributed by atoms with E-state index in [1.807, 2.05) is 10.9 Å². The van der Waals surface area contributed by atoms with Gasteiger partial charge in [0.05, 0.1) is 11.8 Å². The van der Waals surface area contributed by atoms with E-state index >= 15 is 0 Å². The molecular weight excluding hydrogens is 414 g/mol. The van der Waals surface area contributed by atoms with Crippen LogP contribution in [0.5, 0.6) is 0 Å². The third-order valence-electron chi connectivity index (χ3n) is 12.2. The fraction of sp³-hybridized carbons (Fsp3) is 0.871. The Morgan fingerprint density at radius 1 is 1.12 bits per heavy atom. The number of hydrogen-bond donors (Lipinski definition) is 0. The molecule has 0 bridgehead atoms. The third kappa shape index (κ3) is 3.77. The molecule has 0 spiro atoms. The lowest BCUT2D eigenvalue weighted by Gasteiger charge is -2.64. The van der Waals surface area contributed by atoms with Crippen LogP contribution in [0, 0.1) is 69.0 Å². The van der Waals surface area contributed by atoms with Gasteiger partial charge in [0.25, 0.3) is 0 Å². The summed E-state index contributed by atoms with van der Waals surface area (Å²) in [7, 11) is 0. The Labute approximate surface area is 209 Å². The summed E-state index contributed by atoms with van der Waals surface area (Å²) in [5.41, 5.74) is 2.33. The molecule has 1 aromatic rings. The Kier molecular flexibility index (Phi) is 6.22. The van der Waals surface area contributed by atoms with Crippen molar-refractivity contribution in [2.45, 2.75) is 112 Å². The van der Waals surface area contributed by atoms with Gasteiger partial charge in [-0.3, -0.25) is 4.68 Å². The number of hydrogen-bond acceptors (Lipinski definition) is 2. The van der Waals surface area contributed by atoms with E-state index in [9.17, 15) is 5.26 Å². The summed E-state index contributed by atoms with van der Waals surface area (Å²) in [6, 6.07) is 2.23. The molecule has 3 nitrogen and oxygen atoms in total. The van der Waals surface area contributed by atoms with Gasteiger partial charge in [0.1, 0.15) is 6.07 Å². The van der Waals surface area contributed by atoms with Crippen LogP contribution in [-0.4, -0.2) is 9.78 Å². The number of aromatic nitrogens is 2. The SMILES string of the molecule is CCC[C@@]1(C)CC[C@@]2(C)[C@H](CC[C@@H]3[C@@H]2[C@H](C)C[C@]2(C)[C@@H](C(C)Cn4cc(C#N)cn4)CC[C@@H]32)C1. The zero-order chi connectivity index (χ0) is 24.3. The van der Waals surface area contributed by atoms with E-state index in [0.717, 1.165) is 42.1 Å². The molecule has 4 aliphatic rings. The zero-order valence-electron chi connectivity index (χ0n) is 22.8. The minimum absolute atomic E-state index is 0.472. The van der Waals surface area contributed by atoms with E-state index < -0.39 is 0 Å². The Hall–Kier alpha value is -1.30. The highest BCUT2D eigenvalue weighted by Gasteiger charge is 2.63. The largest absolute Gasteiger partial charge is 0.271 e. The average molecular weight is 464 g/mol. The second-order valence-corrected chi connectivity index (χ2v) is 14.3. The first-order chi connectivity index (χ1) is 16.1. The highest BCUT2D eigenvalue weighted by atomic mass is 15.3. The van der Waals surface area contributed by atoms with Gasteiger partial charge in [0.2, 0.25) is 0 Å². The van der Waals surface area contributed by atoms with Crippen LogP contribution in [0.15, 0.2) is 12.4 Å². The van der Waals surface area contributed by atoms with Crippen molar-refractivity contribution in [1.82, 2.24) is 9.78 Å². The average Bonchev–Trinajstić information content (AvgIpc) is 3.37. The Bertz CT molecular complexity index is 927. The molecule has 0 aromatic carbocycles. The molecule has 0 saturated heterocycles. The lowest BCUT2D eigenvalue weighted by molar-refractivity contribution is -0.156. The minimum Gasteiger partial charge on any atom is -0.271 e. The second-order valence-electron chi connectivity index (χ2n) is 14.3. The van der Waals surface area contributed by atoms with Crippen molar-refractivity contribution in [1.29, 1.82) is 5.26 Å². The molecular formula is C31H49N3. The molecule has 34 heavy (non-hydrogen) atoms. The molecule has 4 saturated carbocycles. The number of fused-ring (bicyclic) bond motifs is 5. The van der Waals surface area contributed by atoms with Crippen LogP contribution in [0.3, 0.4) is 0 Å². The summed E-state index contributed by atoms with van der Waals surface area (Å²) in [5, 5.41) is 13.7. The predicted octanol–water partition coefficient (Wildman–Crippen LogP) is 8.10. The number of rotatable bonds is 5. The third-order valence-corrected chi connectivity index (χ3v) is 12.2. The van der Waals surface area contributed by atoms with Crippen LogP contribution in [0.25, 0.3) is 0 Å². The summed E-state index contributed by atoms with van der Waals surface area (Å²) >= 11 is 0. The molecule has 0 N–H and O–H groups in total. The van der Waals surface area contributed by atoms with Gasteiger partial charge in [-0.25, -0.2) is 0 Å². The highest BCUT2D eigenvalue weighted by molar-refractivity contribution is 5.21. The van der Waals surface area contributed by atoms with E-state index in [4.69, 9.17) is 0 Å². The van der Waals surface area contributed by atoms with Crippen molar-refractivity contribution in [3.8, 4) is 6.07 Å². The van der Waals surface area contributed by atoms with Crippen molar-refractivity contribution in [2.24, 2.45) is 57.7 Å². The van der Waals surface area contributed by atoms with Crippen molar-refractivity contribution in [3.05, 3.63) is 18.0 Å². The first kappa shape index (κ1) is 24.4. The summed E-state index contributed by atoms with van der Waals surface area (Å²) in [4.78, 5) is 0. The van der Waals surface area contributed by atoms with Gasteiger partial charge in [-0.1, -0.05) is 48.0 Å². The maximum absolute atomic E-state index is 9.19. The molecule has 4 fully saturated rings. The highest BCUT2D eigenvalue weighted by Crippen LogP contribution is 2.70. The molecule has 5 rings (SSSR count).